The third-order valence-corrected chi connectivity index (χ3v) is 14.0. The fraction of sp³-hybridized carbons (Fsp3) is 0.914. The summed E-state index contributed by atoms with van der Waals surface area (Å²) in [7, 11) is 0. The zero-order chi connectivity index (χ0) is 48.7. The highest BCUT2D eigenvalue weighted by Crippen LogP contribution is 2.23. The number of amides is 1. The molecule has 0 aliphatic carbocycles. The number of carbonyl (C=O) groups is 1. The molecule has 0 bridgehead atoms. The van der Waals surface area contributed by atoms with Crippen LogP contribution in [0, 0.1) is 0 Å². The van der Waals surface area contributed by atoms with Crippen LogP contribution in [0.2, 0.25) is 0 Å². The molecule has 0 saturated carbocycles. The molecule has 1 heterocycles. The van der Waals surface area contributed by atoms with Crippen LogP contribution in [0.1, 0.15) is 284 Å². The Labute approximate surface area is 413 Å². The van der Waals surface area contributed by atoms with Crippen LogP contribution in [0.25, 0.3) is 0 Å². The molecule has 6 N–H and O–H groups in total. The number of ether oxygens (including phenoxy) is 2. The number of hydrogen-bond donors (Lipinski definition) is 6. The van der Waals surface area contributed by atoms with Gasteiger partial charge in [0.15, 0.2) is 6.29 Å². The van der Waals surface area contributed by atoms with Gasteiger partial charge in [-0.05, 0) is 44.9 Å². The number of allylic oxidation sites excluding steroid dienone is 3. The van der Waals surface area contributed by atoms with Crippen molar-refractivity contribution in [3.8, 4) is 0 Å². The molecule has 67 heavy (non-hydrogen) atoms. The zero-order valence-corrected chi connectivity index (χ0v) is 43.9. The number of unbranched alkanes of at least 4 members (excludes halogenated alkanes) is 38. The summed E-state index contributed by atoms with van der Waals surface area (Å²) >= 11 is 0. The molecule has 1 aliphatic heterocycles. The average molecular weight is 951 g/mol. The van der Waals surface area contributed by atoms with Gasteiger partial charge in [-0.2, -0.15) is 0 Å². The van der Waals surface area contributed by atoms with Gasteiger partial charge < -0.3 is 40.3 Å². The van der Waals surface area contributed by atoms with E-state index < -0.39 is 49.5 Å². The van der Waals surface area contributed by atoms with Crippen molar-refractivity contribution in [1.82, 2.24) is 5.32 Å². The maximum Gasteiger partial charge on any atom is 0.220 e. The normalized spacial score (nSPS) is 19.8. The van der Waals surface area contributed by atoms with Crippen LogP contribution in [-0.2, 0) is 14.3 Å². The van der Waals surface area contributed by atoms with E-state index in [9.17, 15) is 30.3 Å². The summed E-state index contributed by atoms with van der Waals surface area (Å²) in [6, 6.07) is -0.803. The van der Waals surface area contributed by atoms with Crippen molar-refractivity contribution in [2.24, 2.45) is 0 Å². The van der Waals surface area contributed by atoms with Gasteiger partial charge in [0.25, 0.3) is 0 Å². The van der Waals surface area contributed by atoms with Crippen LogP contribution in [0.5, 0.6) is 0 Å². The summed E-state index contributed by atoms with van der Waals surface area (Å²) in [5.74, 6) is -0.173. The third-order valence-electron chi connectivity index (χ3n) is 14.0. The minimum Gasteiger partial charge on any atom is -0.394 e. The molecule has 1 rings (SSSR count). The standard InChI is InChI=1S/C58H111NO8/c1-3-5-7-9-11-13-15-17-19-21-23-25-26-28-30-32-34-36-38-40-42-44-46-48-54(62)59-51(50-66-58-57(65)56(64)55(63)53(49-60)67-58)52(61)47-45-43-41-39-37-35-33-31-29-27-24-22-20-18-16-14-12-10-8-6-4-2/h21,23,45,47,51-53,55-58,60-61,63-65H,3-20,22,24-44,46,48-50H2,1-2H3,(H,59,62)/b23-21-,47-45+. The van der Waals surface area contributed by atoms with E-state index in [-0.39, 0.29) is 12.5 Å². The fourth-order valence-corrected chi connectivity index (χ4v) is 9.39. The zero-order valence-electron chi connectivity index (χ0n) is 43.9. The lowest BCUT2D eigenvalue weighted by Gasteiger charge is -2.40. The first-order valence-electron chi connectivity index (χ1n) is 29.1. The van der Waals surface area contributed by atoms with Crippen LogP contribution >= 0.6 is 0 Å². The number of aliphatic hydroxyl groups is 5. The van der Waals surface area contributed by atoms with E-state index in [1.807, 2.05) is 6.08 Å². The van der Waals surface area contributed by atoms with E-state index in [4.69, 9.17) is 9.47 Å². The molecule has 1 amide bonds. The van der Waals surface area contributed by atoms with E-state index in [0.717, 1.165) is 38.5 Å². The average Bonchev–Trinajstić information content (AvgIpc) is 3.33. The Kier molecular flexibility index (Phi) is 45.9. The molecule has 9 nitrogen and oxygen atoms in total. The van der Waals surface area contributed by atoms with Crippen molar-refractivity contribution in [2.45, 2.75) is 326 Å². The first kappa shape index (κ1) is 63.7. The molecule has 0 radical (unpaired) electrons. The number of nitrogens with one attached hydrogen (secondary N) is 1. The number of hydrogen-bond acceptors (Lipinski definition) is 8. The quantitative estimate of drug-likeness (QED) is 0.0261. The second kappa shape index (κ2) is 48.3. The number of aliphatic hydroxyl groups excluding tert-OH is 5. The summed E-state index contributed by atoms with van der Waals surface area (Å²) < 4.78 is 11.3. The van der Waals surface area contributed by atoms with Gasteiger partial charge in [0.1, 0.15) is 24.4 Å². The summed E-state index contributed by atoms with van der Waals surface area (Å²) in [6.45, 7) is 3.81. The predicted octanol–water partition coefficient (Wildman–Crippen LogP) is 14.2. The van der Waals surface area contributed by atoms with Gasteiger partial charge >= 0.3 is 0 Å². The Bertz CT molecular complexity index is 1100. The third kappa shape index (κ3) is 38.1. The smallest absolute Gasteiger partial charge is 0.220 e. The molecule has 0 aromatic rings. The monoisotopic (exact) mass is 950 g/mol. The van der Waals surface area contributed by atoms with E-state index in [2.05, 4.69) is 31.3 Å². The van der Waals surface area contributed by atoms with Crippen molar-refractivity contribution in [3.05, 3.63) is 24.3 Å². The molecular weight excluding hydrogens is 839 g/mol. The van der Waals surface area contributed by atoms with Gasteiger partial charge in [0.2, 0.25) is 5.91 Å². The molecule has 7 atom stereocenters. The Morgan fingerprint density at radius 1 is 0.493 bits per heavy atom. The largest absolute Gasteiger partial charge is 0.394 e. The van der Waals surface area contributed by atoms with Crippen molar-refractivity contribution in [2.75, 3.05) is 13.2 Å². The first-order chi connectivity index (χ1) is 32.8. The molecular formula is C58H111NO8. The molecule has 1 saturated heterocycles. The fourth-order valence-electron chi connectivity index (χ4n) is 9.39. The minimum absolute atomic E-state index is 0.173. The van der Waals surface area contributed by atoms with Crippen molar-refractivity contribution >= 4 is 5.91 Å². The van der Waals surface area contributed by atoms with Crippen molar-refractivity contribution < 1.29 is 39.8 Å². The SMILES string of the molecule is CCCCCCCCCC/C=C\CCCCCCCCCCCCCC(=O)NC(COC1OC(CO)C(O)C(O)C1O)C(O)/C=C/CCCCCCCCCCCCCCCCCCCCC. The van der Waals surface area contributed by atoms with Gasteiger partial charge in [0, 0.05) is 6.42 Å². The second-order valence-corrected chi connectivity index (χ2v) is 20.4. The number of rotatable bonds is 50. The van der Waals surface area contributed by atoms with Gasteiger partial charge in [-0.1, -0.05) is 256 Å². The lowest BCUT2D eigenvalue weighted by Crippen LogP contribution is -2.60. The minimum atomic E-state index is -1.57. The van der Waals surface area contributed by atoms with Gasteiger partial charge in [0.05, 0.1) is 25.4 Å². The van der Waals surface area contributed by atoms with Gasteiger partial charge in [-0.15, -0.1) is 0 Å². The maximum absolute atomic E-state index is 13.1. The Hall–Kier alpha value is -1.33. The van der Waals surface area contributed by atoms with Crippen molar-refractivity contribution in [1.29, 1.82) is 0 Å². The highest BCUT2D eigenvalue weighted by molar-refractivity contribution is 5.76. The molecule has 0 aromatic heterocycles. The van der Waals surface area contributed by atoms with Crippen molar-refractivity contribution in [3.63, 3.8) is 0 Å². The van der Waals surface area contributed by atoms with E-state index in [1.54, 1.807) is 6.08 Å². The molecule has 9 heteroatoms. The molecule has 0 spiro atoms. The second-order valence-electron chi connectivity index (χ2n) is 20.4. The highest BCUT2D eigenvalue weighted by atomic mass is 16.7. The van der Waals surface area contributed by atoms with Crippen LogP contribution < -0.4 is 5.32 Å². The highest BCUT2D eigenvalue weighted by Gasteiger charge is 2.44. The Balaban J connectivity index is 2.23. The van der Waals surface area contributed by atoms with E-state index >= 15 is 0 Å². The molecule has 7 unspecified atom stereocenters. The number of carbonyl (C=O) groups excluding carboxylic acids is 1. The molecule has 1 fully saturated rings. The van der Waals surface area contributed by atoms with Crippen LogP contribution in [0.3, 0.4) is 0 Å². The van der Waals surface area contributed by atoms with E-state index in [0.29, 0.717) is 6.42 Å². The molecule has 0 aromatic carbocycles. The van der Waals surface area contributed by atoms with Crippen LogP contribution in [0.4, 0.5) is 0 Å². The Morgan fingerprint density at radius 3 is 1.21 bits per heavy atom. The summed E-state index contributed by atoms with van der Waals surface area (Å²) in [5, 5.41) is 54.5. The lowest BCUT2D eigenvalue weighted by molar-refractivity contribution is -0.302. The Morgan fingerprint density at radius 2 is 0.836 bits per heavy atom. The summed E-state index contributed by atoms with van der Waals surface area (Å²) in [5.41, 5.74) is 0. The van der Waals surface area contributed by atoms with E-state index in [1.165, 1.54) is 225 Å². The first-order valence-corrected chi connectivity index (χ1v) is 29.1. The molecule has 1 aliphatic rings. The summed E-state index contributed by atoms with van der Waals surface area (Å²) in [4.78, 5) is 13.1. The predicted molar refractivity (Wildman–Crippen MR) is 281 cm³/mol. The van der Waals surface area contributed by atoms with Gasteiger partial charge in [-0.3, -0.25) is 4.79 Å². The van der Waals surface area contributed by atoms with Crippen LogP contribution in [-0.4, -0.2) is 87.5 Å². The maximum atomic E-state index is 13.1. The lowest BCUT2D eigenvalue weighted by atomic mass is 9.99. The van der Waals surface area contributed by atoms with Gasteiger partial charge in [-0.25, -0.2) is 0 Å². The summed E-state index contributed by atoms with van der Waals surface area (Å²) in [6.07, 6.45) is 53.8. The molecule has 396 valence electrons. The van der Waals surface area contributed by atoms with Crippen LogP contribution in [0.15, 0.2) is 24.3 Å². The topological polar surface area (TPSA) is 149 Å².